The lowest BCUT2D eigenvalue weighted by Gasteiger charge is -2.30. The summed E-state index contributed by atoms with van der Waals surface area (Å²) in [7, 11) is 0. The second-order valence-corrected chi connectivity index (χ2v) is 7.46. The molecule has 1 fully saturated rings. The maximum absolute atomic E-state index is 13.3. The van der Waals surface area contributed by atoms with Gasteiger partial charge >= 0.3 is 0 Å². The number of halogens is 1. The number of rotatable bonds is 4. The molecule has 0 unspecified atom stereocenters. The smallest absolute Gasteiger partial charge is 0.265 e. The van der Waals surface area contributed by atoms with Crippen molar-refractivity contribution in [1.82, 2.24) is 14.5 Å². The van der Waals surface area contributed by atoms with Crippen molar-refractivity contribution in [3.05, 3.63) is 76.0 Å². The van der Waals surface area contributed by atoms with Crippen LogP contribution in [0.25, 0.3) is 11.0 Å². The fourth-order valence-corrected chi connectivity index (χ4v) is 3.82. The molecule has 7 nitrogen and oxygen atoms in total. The highest BCUT2D eigenvalue weighted by molar-refractivity contribution is 5.97. The van der Waals surface area contributed by atoms with Crippen molar-refractivity contribution in [2.45, 2.75) is 19.4 Å². The molecular formula is C22H21FN4O3. The summed E-state index contributed by atoms with van der Waals surface area (Å²) < 4.78 is 14.7. The van der Waals surface area contributed by atoms with E-state index in [1.807, 2.05) is 0 Å². The molecule has 0 spiro atoms. The molecule has 1 saturated heterocycles. The van der Waals surface area contributed by atoms with Gasteiger partial charge in [0.25, 0.3) is 11.5 Å². The molecule has 0 saturated carbocycles. The summed E-state index contributed by atoms with van der Waals surface area (Å²) >= 11 is 0. The molecule has 8 heteroatoms. The monoisotopic (exact) mass is 408 g/mol. The summed E-state index contributed by atoms with van der Waals surface area (Å²) in [6.45, 7) is 0.904. The Morgan fingerprint density at radius 3 is 2.50 bits per heavy atom. The minimum Gasteiger partial charge on any atom is -0.369 e. The second kappa shape index (κ2) is 8.06. The first-order valence-corrected chi connectivity index (χ1v) is 9.75. The number of primary amides is 1. The lowest BCUT2D eigenvalue weighted by molar-refractivity contribution is -0.123. The molecule has 2 amide bonds. The number of nitrogens with two attached hydrogens (primary N) is 1. The Kier molecular flexibility index (Phi) is 5.31. The first-order chi connectivity index (χ1) is 14.4. The van der Waals surface area contributed by atoms with Crippen LogP contribution in [0.5, 0.6) is 0 Å². The zero-order chi connectivity index (χ0) is 21.3. The lowest BCUT2D eigenvalue weighted by Crippen LogP contribution is -2.43. The molecule has 30 heavy (non-hydrogen) atoms. The fourth-order valence-electron chi connectivity index (χ4n) is 3.82. The van der Waals surface area contributed by atoms with Crippen LogP contribution in [0.4, 0.5) is 4.39 Å². The maximum Gasteiger partial charge on any atom is 0.265 e. The summed E-state index contributed by atoms with van der Waals surface area (Å²) in [6.07, 6.45) is 2.55. The molecule has 2 aromatic heterocycles. The van der Waals surface area contributed by atoms with Crippen molar-refractivity contribution in [2.75, 3.05) is 13.1 Å². The van der Waals surface area contributed by atoms with Crippen LogP contribution < -0.4 is 11.3 Å². The zero-order valence-corrected chi connectivity index (χ0v) is 16.3. The van der Waals surface area contributed by atoms with Crippen molar-refractivity contribution >= 4 is 22.8 Å². The van der Waals surface area contributed by atoms with Crippen molar-refractivity contribution in [3.63, 3.8) is 0 Å². The Labute approximate surface area is 171 Å². The Morgan fingerprint density at radius 1 is 1.13 bits per heavy atom. The van der Waals surface area contributed by atoms with Gasteiger partial charge in [0.2, 0.25) is 5.91 Å². The number of piperidine rings is 1. The largest absolute Gasteiger partial charge is 0.369 e. The molecule has 1 aliphatic rings. The van der Waals surface area contributed by atoms with E-state index in [4.69, 9.17) is 5.73 Å². The van der Waals surface area contributed by atoms with Crippen molar-refractivity contribution in [1.29, 1.82) is 0 Å². The first-order valence-electron chi connectivity index (χ1n) is 9.75. The van der Waals surface area contributed by atoms with Crippen molar-refractivity contribution < 1.29 is 14.0 Å². The van der Waals surface area contributed by atoms with E-state index < -0.39 is 5.56 Å². The standard InChI is InChI=1S/C22H21FN4O3/c23-17-5-3-14(4-6-17)13-27-20-16(2-1-9-25-20)12-18(22(27)30)21(29)26-10-7-15(8-11-26)19(24)28/h1-6,9,12,15H,7-8,10-11,13H2,(H2,24,28). The van der Waals surface area contributed by atoms with E-state index in [0.29, 0.717) is 37.0 Å². The number of hydrogen-bond acceptors (Lipinski definition) is 4. The number of nitrogens with zero attached hydrogens (tertiary/aromatic N) is 3. The van der Waals surface area contributed by atoms with E-state index in [0.717, 1.165) is 5.56 Å². The normalized spacial score (nSPS) is 14.8. The van der Waals surface area contributed by atoms with Crippen LogP contribution in [0.3, 0.4) is 0 Å². The second-order valence-electron chi connectivity index (χ2n) is 7.46. The molecule has 3 aromatic rings. The van der Waals surface area contributed by atoms with Crippen LogP contribution in [0.2, 0.25) is 0 Å². The minimum atomic E-state index is -0.451. The van der Waals surface area contributed by atoms with Crippen molar-refractivity contribution in [3.8, 4) is 0 Å². The molecule has 0 bridgehead atoms. The minimum absolute atomic E-state index is 0.0511. The van der Waals surface area contributed by atoms with Gasteiger partial charge in [-0.1, -0.05) is 12.1 Å². The van der Waals surface area contributed by atoms with Gasteiger partial charge in [-0.05, 0) is 48.7 Å². The van der Waals surface area contributed by atoms with Gasteiger partial charge in [0.15, 0.2) is 0 Å². The fraction of sp³-hybridized carbons (Fsp3) is 0.273. The number of amides is 2. The number of fused-ring (bicyclic) bond motifs is 1. The number of hydrogen-bond donors (Lipinski definition) is 1. The zero-order valence-electron chi connectivity index (χ0n) is 16.3. The highest BCUT2D eigenvalue weighted by Gasteiger charge is 2.28. The van der Waals surface area contributed by atoms with Gasteiger partial charge in [-0.2, -0.15) is 0 Å². The molecule has 0 radical (unpaired) electrons. The molecule has 0 atom stereocenters. The predicted molar refractivity (Wildman–Crippen MR) is 109 cm³/mol. The summed E-state index contributed by atoms with van der Waals surface area (Å²) in [4.78, 5) is 43.6. The average molecular weight is 408 g/mol. The van der Waals surface area contributed by atoms with Gasteiger partial charge in [0.05, 0.1) is 6.54 Å². The Hall–Kier alpha value is -3.55. The average Bonchev–Trinajstić information content (AvgIpc) is 2.76. The summed E-state index contributed by atoms with van der Waals surface area (Å²) in [5.74, 6) is -1.34. The number of carbonyl (C=O) groups is 2. The third-order valence-electron chi connectivity index (χ3n) is 5.52. The van der Waals surface area contributed by atoms with Gasteiger partial charge in [-0.3, -0.25) is 19.0 Å². The number of benzene rings is 1. The molecule has 154 valence electrons. The van der Waals surface area contributed by atoms with E-state index in [-0.39, 0.29) is 35.7 Å². The third-order valence-corrected chi connectivity index (χ3v) is 5.52. The Balaban J connectivity index is 1.71. The molecule has 3 heterocycles. The summed E-state index contributed by atoms with van der Waals surface area (Å²) in [6, 6.07) is 10.9. The number of carbonyl (C=O) groups excluding carboxylic acids is 2. The van der Waals surface area contributed by atoms with Crippen LogP contribution in [0, 0.1) is 11.7 Å². The van der Waals surface area contributed by atoms with E-state index in [9.17, 15) is 18.8 Å². The van der Waals surface area contributed by atoms with E-state index in [1.54, 1.807) is 41.4 Å². The van der Waals surface area contributed by atoms with Gasteiger partial charge in [0.1, 0.15) is 17.0 Å². The highest BCUT2D eigenvalue weighted by Crippen LogP contribution is 2.20. The number of aromatic nitrogens is 2. The van der Waals surface area contributed by atoms with Crippen LogP contribution >= 0.6 is 0 Å². The molecule has 1 aliphatic heterocycles. The van der Waals surface area contributed by atoms with Gasteiger partial charge in [-0.25, -0.2) is 9.37 Å². The SMILES string of the molecule is NC(=O)C1CCN(C(=O)c2cc3cccnc3n(Cc3ccc(F)cc3)c2=O)CC1. The molecular weight excluding hydrogens is 387 g/mol. The number of likely N-dealkylation sites (tertiary alicyclic amines) is 1. The molecule has 1 aromatic carbocycles. The van der Waals surface area contributed by atoms with Crippen LogP contribution in [0.1, 0.15) is 28.8 Å². The van der Waals surface area contributed by atoms with Crippen molar-refractivity contribution in [2.24, 2.45) is 11.7 Å². The number of pyridine rings is 2. The van der Waals surface area contributed by atoms with Crippen LogP contribution in [-0.4, -0.2) is 39.4 Å². The Bertz CT molecular complexity index is 1170. The van der Waals surface area contributed by atoms with Gasteiger partial charge in [0, 0.05) is 30.6 Å². The predicted octanol–water partition coefficient (Wildman–Crippen LogP) is 1.92. The topological polar surface area (TPSA) is 98.3 Å². The Morgan fingerprint density at radius 2 is 1.83 bits per heavy atom. The maximum atomic E-state index is 13.3. The summed E-state index contributed by atoms with van der Waals surface area (Å²) in [5.41, 5.74) is 6.14. The molecule has 0 aliphatic carbocycles. The molecule has 2 N–H and O–H groups in total. The van der Waals surface area contributed by atoms with E-state index in [2.05, 4.69) is 4.98 Å². The quantitative estimate of drug-likeness (QED) is 0.713. The van der Waals surface area contributed by atoms with Gasteiger partial charge < -0.3 is 10.6 Å². The third kappa shape index (κ3) is 3.80. The lowest BCUT2D eigenvalue weighted by atomic mass is 9.96. The van der Waals surface area contributed by atoms with Crippen LogP contribution in [-0.2, 0) is 11.3 Å². The summed E-state index contributed by atoms with van der Waals surface area (Å²) in [5, 5.41) is 0.662. The van der Waals surface area contributed by atoms with E-state index >= 15 is 0 Å². The first kappa shape index (κ1) is 19.8. The highest BCUT2D eigenvalue weighted by atomic mass is 19.1. The van der Waals surface area contributed by atoms with E-state index in [1.165, 1.54) is 16.7 Å². The van der Waals surface area contributed by atoms with Crippen LogP contribution in [0.15, 0.2) is 53.5 Å². The van der Waals surface area contributed by atoms with Gasteiger partial charge in [-0.15, -0.1) is 0 Å². The molecule has 4 rings (SSSR count).